The highest BCUT2D eigenvalue weighted by Gasteiger charge is 2.56. The molecule has 7 atom stereocenters. The van der Waals surface area contributed by atoms with Gasteiger partial charge >= 0.3 is 12.0 Å². The molecule has 0 aliphatic heterocycles. The molecule has 0 spiro atoms. The van der Waals surface area contributed by atoms with Crippen LogP contribution < -0.4 is 0 Å². The molecule has 0 saturated heterocycles. The second kappa shape index (κ2) is 12.0. The average molecular weight is 579 g/mol. The van der Waals surface area contributed by atoms with Gasteiger partial charge in [0.15, 0.2) is 0 Å². The fraction of sp³-hybridized carbons (Fsp3) is 0.750. The number of halogens is 4. The quantitative estimate of drug-likeness (QED) is 0.172. The second-order valence-corrected chi connectivity index (χ2v) is 12.8. The first kappa shape index (κ1) is 25.1. The molecular formula is C32H48F4O4. The van der Waals surface area contributed by atoms with Gasteiger partial charge in [-0.15, -0.1) is 0 Å². The number of hydrogen-bond donors (Lipinski definition) is 4. The first-order valence-corrected chi connectivity index (χ1v) is 14.1. The molecule has 8 heteroatoms. The molecule has 40 heavy (non-hydrogen) atoms. The average Bonchev–Trinajstić information content (AvgIpc) is 3.26. The topological polar surface area (TPSA) is 80.9 Å². The molecule has 0 amide bonds. The second-order valence-electron chi connectivity index (χ2n) is 12.8. The van der Waals surface area contributed by atoms with Gasteiger partial charge in [-0.1, -0.05) is 50.6 Å². The minimum atomic E-state index is -5.55. The predicted molar refractivity (Wildman–Crippen MR) is 149 cm³/mol. The van der Waals surface area contributed by atoms with E-state index in [9.17, 15) is 38.0 Å². The molecule has 228 valence electrons. The van der Waals surface area contributed by atoms with E-state index < -0.39 is 55.4 Å². The summed E-state index contributed by atoms with van der Waals surface area (Å²) in [5.41, 5.74) is -1.77. The highest BCUT2D eigenvalue weighted by atomic mass is 19.4. The minimum Gasteiger partial charge on any atom is -0.393 e. The fourth-order valence-electron chi connectivity index (χ4n) is 7.60. The van der Waals surface area contributed by atoms with Crippen LogP contribution in [-0.4, -0.2) is 50.3 Å². The van der Waals surface area contributed by atoms with Gasteiger partial charge in [-0.3, -0.25) is 0 Å². The third-order valence-electron chi connectivity index (χ3n) is 9.68. The summed E-state index contributed by atoms with van der Waals surface area (Å²) in [5.74, 6) is -4.63. The Bertz CT molecular complexity index is 1190. The van der Waals surface area contributed by atoms with Crippen molar-refractivity contribution < 1.29 is 46.2 Å². The summed E-state index contributed by atoms with van der Waals surface area (Å²) in [4.78, 5) is 0. The molecule has 3 unspecified atom stereocenters. The van der Waals surface area contributed by atoms with Crippen LogP contribution >= 0.6 is 0 Å². The standard InChI is InChI=1S/C32H48F4O4/c1-21-23(19-24(37)20-26(21)38)11-10-22-9-6-17-30(5)25(22)12-13-27(30)29(4,15-7-14-28(2,3)39)16-8-18-31(33,40)32(34,35)36/h8,10-11,18,24-27,37-40H,1,6-7,9,12-17,19-20H2,2-5H3/b18-8+,22-10+,23-11-/t24-,25?,26+,27-,29?,30+,31?/m1/s1/i2D3,3D3. The molecule has 0 aromatic heterocycles. The fourth-order valence-corrected chi connectivity index (χ4v) is 7.60. The molecule has 3 rings (SSSR count). The summed E-state index contributed by atoms with van der Waals surface area (Å²) in [5, 5.41) is 40.6. The van der Waals surface area contributed by atoms with Crippen molar-refractivity contribution in [3.8, 4) is 0 Å². The Morgan fingerprint density at radius 2 is 1.80 bits per heavy atom. The van der Waals surface area contributed by atoms with E-state index in [-0.39, 0.29) is 49.0 Å². The molecule has 0 aromatic carbocycles. The highest BCUT2D eigenvalue weighted by Crippen LogP contribution is 2.63. The van der Waals surface area contributed by atoms with Crippen LogP contribution in [0.3, 0.4) is 0 Å². The summed E-state index contributed by atoms with van der Waals surface area (Å²) in [6, 6.07) is 0. The lowest BCUT2D eigenvalue weighted by atomic mass is 9.55. The van der Waals surface area contributed by atoms with Crippen LogP contribution in [0.5, 0.6) is 0 Å². The zero-order valence-electron chi connectivity index (χ0n) is 29.4. The maximum atomic E-state index is 14.1. The molecule has 3 saturated carbocycles. The van der Waals surface area contributed by atoms with Crippen LogP contribution in [-0.2, 0) is 0 Å². The van der Waals surface area contributed by atoms with E-state index in [0.29, 0.717) is 18.4 Å². The van der Waals surface area contributed by atoms with E-state index in [2.05, 4.69) is 13.5 Å². The van der Waals surface area contributed by atoms with Gasteiger partial charge in [-0.25, -0.2) is 0 Å². The zero-order valence-corrected chi connectivity index (χ0v) is 23.4. The zero-order chi connectivity index (χ0) is 35.1. The molecule has 0 aromatic rings. The van der Waals surface area contributed by atoms with Crippen molar-refractivity contribution in [1.29, 1.82) is 0 Å². The Hall–Kier alpha value is -1.48. The van der Waals surface area contributed by atoms with Crippen LogP contribution in [0.2, 0.25) is 0 Å². The number of alkyl halides is 4. The van der Waals surface area contributed by atoms with E-state index in [1.54, 1.807) is 6.92 Å². The van der Waals surface area contributed by atoms with Crippen LogP contribution in [0.4, 0.5) is 17.6 Å². The van der Waals surface area contributed by atoms with Crippen LogP contribution in [0.1, 0.15) is 106 Å². The van der Waals surface area contributed by atoms with E-state index in [1.165, 1.54) is 0 Å². The molecule has 0 heterocycles. The first-order chi connectivity index (χ1) is 20.8. The Morgan fingerprint density at radius 1 is 1.10 bits per heavy atom. The number of aliphatic hydroxyl groups excluding tert-OH is 2. The maximum Gasteiger partial charge on any atom is 0.452 e. The van der Waals surface area contributed by atoms with Gasteiger partial charge in [-0.05, 0) is 111 Å². The van der Waals surface area contributed by atoms with Gasteiger partial charge < -0.3 is 20.4 Å². The SMILES string of the molecule is [2H]C([2H])([2H])C(O)(CCCC(C)(C/C=C/C(O)(F)C(F)(F)F)[C@H]1CCC2/C(=C/C=C3/C[C@@H](O)C[C@H](O)C3=C)CCC[C@@]21C)C([2H])([2H])[2H]. The van der Waals surface area contributed by atoms with Crippen LogP contribution in [0.15, 0.2) is 47.6 Å². The number of aliphatic hydroxyl groups is 4. The van der Waals surface area contributed by atoms with Crippen molar-refractivity contribution in [3.05, 3.63) is 47.6 Å². The van der Waals surface area contributed by atoms with Crippen LogP contribution in [0.25, 0.3) is 0 Å². The first-order valence-electron chi connectivity index (χ1n) is 17.1. The van der Waals surface area contributed by atoms with Crippen molar-refractivity contribution in [2.75, 3.05) is 0 Å². The lowest BCUT2D eigenvalue weighted by molar-refractivity contribution is -0.290. The van der Waals surface area contributed by atoms with E-state index in [0.717, 1.165) is 42.9 Å². The van der Waals surface area contributed by atoms with E-state index in [4.69, 9.17) is 8.22 Å². The Morgan fingerprint density at radius 3 is 2.45 bits per heavy atom. The number of rotatable bonds is 9. The van der Waals surface area contributed by atoms with Gasteiger partial charge in [0.05, 0.1) is 17.8 Å². The third kappa shape index (κ3) is 7.47. The third-order valence-corrected chi connectivity index (χ3v) is 9.68. The molecule has 0 bridgehead atoms. The predicted octanol–water partition coefficient (Wildman–Crippen LogP) is 7.24. The summed E-state index contributed by atoms with van der Waals surface area (Å²) >= 11 is 0. The van der Waals surface area contributed by atoms with Gasteiger partial charge in [0.1, 0.15) is 0 Å². The Balaban J connectivity index is 1.95. The molecule has 0 radical (unpaired) electrons. The molecular weight excluding hydrogens is 524 g/mol. The van der Waals surface area contributed by atoms with Gasteiger partial charge in [-0.2, -0.15) is 17.6 Å². The van der Waals surface area contributed by atoms with Crippen molar-refractivity contribution in [2.45, 2.75) is 128 Å². The molecule has 3 aliphatic rings. The maximum absolute atomic E-state index is 14.1. The van der Waals surface area contributed by atoms with Crippen molar-refractivity contribution in [3.63, 3.8) is 0 Å². The highest BCUT2D eigenvalue weighted by molar-refractivity contribution is 5.38. The number of hydrogen-bond acceptors (Lipinski definition) is 4. The van der Waals surface area contributed by atoms with Crippen molar-refractivity contribution >= 4 is 0 Å². The molecule has 3 fully saturated rings. The molecule has 4 nitrogen and oxygen atoms in total. The van der Waals surface area contributed by atoms with E-state index in [1.807, 2.05) is 12.2 Å². The number of allylic oxidation sites excluding steroid dienone is 4. The van der Waals surface area contributed by atoms with Gasteiger partial charge in [0.2, 0.25) is 0 Å². The minimum absolute atomic E-state index is 0.0689. The normalized spacial score (nSPS) is 38.1. The van der Waals surface area contributed by atoms with Gasteiger partial charge in [0.25, 0.3) is 0 Å². The van der Waals surface area contributed by atoms with Crippen molar-refractivity contribution in [2.24, 2.45) is 22.7 Å². The Kier molecular flexibility index (Phi) is 7.53. The Labute approximate surface area is 245 Å². The molecule has 3 aliphatic carbocycles. The summed E-state index contributed by atoms with van der Waals surface area (Å²) in [7, 11) is 0. The summed E-state index contributed by atoms with van der Waals surface area (Å²) < 4.78 is 99.4. The smallest absolute Gasteiger partial charge is 0.393 e. The lowest BCUT2D eigenvalue weighted by Crippen LogP contribution is -2.42. The van der Waals surface area contributed by atoms with Gasteiger partial charge in [0, 0.05) is 14.6 Å². The summed E-state index contributed by atoms with van der Waals surface area (Å²) in [6.07, 6.45) is 1.55. The number of fused-ring (bicyclic) bond motifs is 1. The van der Waals surface area contributed by atoms with Crippen molar-refractivity contribution in [1.82, 2.24) is 0 Å². The molecule has 4 N–H and O–H groups in total. The lowest BCUT2D eigenvalue weighted by Gasteiger charge is -2.49. The van der Waals surface area contributed by atoms with E-state index >= 15 is 0 Å². The summed E-state index contributed by atoms with van der Waals surface area (Å²) in [6.45, 7) is 1.44. The van der Waals surface area contributed by atoms with Crippen LogP contribution in [0, 0.1) is 22.7 Å². The monoisotopic (exact) mass is 578 g/mol. The largest absolute Gasteiger partial charge is 0.452 e.